The van der Waals surface area contributed by atoms with Crippen LogP contribution in [-0.2, 0) is 0 Å². The SMILES string of the molecule is COc1ccc(OC)c(C(=O)Nc2cc(Cl)ccc2OCC(F)(F)F)c1. The number of amides is 1. The van der Waals surface area contributed by atoms with Crippen molar-refractivity contribution in [1.82, 2.24) is 0 Å². The van der Waals surface area contributed by atoms with Crippen molar-refractivity contribution in [2.45, 2.75) is 6.18 Å². The van der Waals surface area contributed by atoms with Gasteiger partial charge in [0.1, 0.15) is 17.2 Å². The minimum Gasteiger partial charge on any atom is -0.497 e. The summed E-state index contributed by atoms with van der Waals surface area (Å²) in [6, 6.07) is 8.47. The molecule has 2 aromatic carbocycles. The zero-order valence-electron chi connectivity index (χ0n) is 13.8. The van der Waals surface area contributed by atoms with Gasteiger partial charge in [-0.15, -0.1) is 0 Å². The second kappa shape index (κ2) is 8.18. The average molecular weight is 390 g/mol. The molecule has 140 valence electrons. The third-order valence-electron chi connectivity index (χ3n) is 3.23. The summed E-state index contributed by atoms with van der Waals surface area (Å²) < 4.78 is 52.1. The van der Waals surface area contributed by atoms with Crippen LogP contribution in [0.3, 0.4) is 0 Å². The Morgan fingerprint density at radius 2 is 1.77 bits per heavy atom. The molecule has 0 atom stereocenters. The first kappa shape index (κ1) is 19.7. The number of hydrogen-bond acceptors (Lipinski definition) is 4. The lowest BCUT2D eigenvalue weighted by Gasteiger charge is -2.15. The van der Waals surface area contributed by atoms with Gasteiger partial charge in [-0.3, -0.25) is 4.79 Å². The van der Waals surface area contributed by atoms with Gasteiger partial charge in [0.05, 0.1) is 25.5 Å². The zero-order chi connectivity index (χ0) is 19.3. The van der Waals surface area contributed by atoms with Crippen LogP contribution in [0, 0.1) is 0 Å². The molecule has 1 amide bonds. The molecule has 0 aliphatic heterocycles. The fourth-order valence-corrected chi connectivity index (χ4v) is 2.24. The first-order valence-electron chi connectivity index (χ1n) is 7.26. The molecule has 0 saturated heterocycles. The minimum absolute atomic E-state index is 0.00313. The number of hydrogen-bond donors (Lipinski definition) is 1. The van der Waals surface area contributed by atoms with E-state index in [9.17, 15) is 18.0 Å². The Morgan fingerprint density at radius 1 is 1.08 bits per heavy atom. The lowest BCUT2D eigenvalue weighted by molar-refractivity contribution is -0.153. The number of methoxy groups -OCH3 is 2. The van der Waals surface area contributed by atoms with Gasteiger partial charge in [0, 0.05) is 5.02 Å². The average Bonchev–Trinajstić information content (AvgIpc) is 2.59. The van der Waals surface area contributed by atoms with Crippen molar-refractivity contribution < 1.29 is 32.2 Å². The maximum Gasteiger partial charge on any atom is 0.422 e. The highest BCUT2D eigenvalue weighted by atomic mass is 35.5. The van der Waals surface area contributed by atoms with Gasteiger partial charge in [-0.2, -0.15) is 13.2 Å². The molecule has 1 N–H and O–H groups in total. The maximum atomic E-state index is 12.6. The van der Waals surface area contributed by atoms with E-state index in [4.69, 9.17) is 25.8 Å². The predicted molar refractivity (Wildman–Crippen MR) is 90.5 cm³/mol. The Morgan fingerprint density at radius 3 is 2.38 bits per heavy atom. The third kappa shape index (κ3) is 5.19. The summed E-state index contributed by atoms with van der Waals surface area (Å²) in [6.45, 7) is -1.50. The molecular weight excluding hydrogens is 375 g/mol. The summed E-state index contributed by atoms with van der Waals surface area (Å²) in [5.41, 5.74) is 0.130. The first-order valence-corrected chi connectivity index (χ1v) is 7.64. The molecule has 2 aromatic rings. The van der Waals surface area contributed by atoms with Crippen molar-refractivity contribution in [2.75, 3.05) is 26.1 Å². The van der Waals surface area contributed by atoms with E-state index in [0.29, 0.717) is 5.75 Å². The van der Waals surface area contributed by atoms with Crippen LogP contribution >= 0.6 is 11.6 Å². The third-order valence-corrected chi connectivity index (χ3v) is 3.47. The van der Waals surface area contributed by atoms with E-state index in [1.807, 2.05) is 0 Å². The standard InChI is InChI=1S/C17H15ClF3NO4/c1-24-11-4-6-14(25-2)12(8-11)16(23)22-13-7-10(18)3-5-15(13)26-9-17(19,20)21/h3-8H,9H2,1-2H3,(H,22,23). The normalized spacial score (nSPS) is 11.0. The van der Waals surface area contributed by atoms with Crippen LogP contribution in [0.2, 0.25) is 5.02 Å². The minimum atomic E-state index is -4.52. The maximum absolute atomic E-state index is 12.6. The molecule has 2 rings (SSSR count). The van der Waals surface area contributed by atoms with E-state index in [-0.39, 0.29) is 27.8 Å². The second-order valence-electron chi connectivity index (χ2n) is 5.06. The number of ether oxygens (including phenoxy) is 3. The number of nitrogens with one attached hydrogen (secondary N) is 1. The van der Waals surface area contributed by atoms with E-state index >= 15 is 0 Å². The Kier molecular flexibility index (Phi) is 6.20. The number of alkyl halides is 3. The molecular formula is C17H15ClF3NO4. The van der Waals surface area contributed by atoms with E-state index in [1.165, 1.54) is 44.6 Å². The monoisotopic (exact) mass is 389 g/mol. The van der Waals surface area contributed by atoms with Gasteiger partial charge >= 0.3 is 6.18 Å². The van der Waals surface area contributed by atoms with Gasteiger partial charge in [-0.05, 0) is 36.4 Å². The van der Waals surface area contributed by atoms with Gasteiger partial charge in [0.15, 0.2) is 6.61 Å². The molecule has 5 nitrogen and oxygen atoms in total. The van der Waals surface area contributed by atoms with Crippen molar-refractivity contribution in [3.05, 3.63) is 47.0 Å². The molecule has 0 spiro atoms. The van der Waals surface area contributed by atoms with E-state index < -0.39 is 18.7 Å². The molecule has 26 heavy (non-hydrogen) atoms. The highest BCUT2D eigenvalue weighted by Gasteiger charge is 2.29. The summed E-state index contributed by atoms with van der Waals surface area (Å²) in [6.07, 6.45) is -4.52. The van der Waals surface area contributed by atoms with E-state index in [0.717, 1.165) is 0 Å². The zero-order valence-corrected chi connectivity index (χ0v) is 14.6. The van der Waals surface area contributed by atoms with Crippen molar-refractivity contribution in [3.63, 3.8) is 0 Å². The molecule has 0 bridgehead atoms. The van der Waals surface area contributed by atoms with Crippen LogP contribution in [0.25, 0.3) is 0 Å². The van der Waals surface area contributed by atoms with Crippen LogP contribution in [-0.4, -0.2) is 32.9 Å². The highest BCUT2D eigenvalue weighted by Crippen LogP contribution is 2.31. The van der Waals surface area contributed by atoms with Crippen LogP contribution in [0.1, 0.15) is 10.4 Å². The van der Waals surface area contributed by atoms with Gasteiger partial charge in [-0.25, -0.2) is 0 Å². The summed E-state index contributed by atoms with van der Waals surface area (Å²) in [4.78, 5) is 12.6. The molecule has 0 aromatic heterocycles. The molecule has 0 unspecified atom stereocenters. The molecule has 0 aliphatic carbocycles. The van der Waals surface area contributed by atoms with Gasteiger partial charge in [0.2, 0.25) is 0 Å². The summed E-state index contributed by atoms with van der Waals surface area (Å²) in [7, 11) is 2.82. The molecule has 0 saturated carbocycles. The van der Waals surface area contributed by atoms with Crippen LogP contribution < -0.4 is 19.5 Å². The van der Waals surface area contributed by atoms with E-state index in [2.05, 4.69) is 5.32 Å². The fourth-order valence-electron chi connectivity index (χ4n) is 2.07. The highest BCUT2D eigenvalue weighted by molar-refractivity contribution is 6.31. The van der Waals surface area contributed by atoms with Gasteiger partial charge in [-0.1, -0.05) is 11.6 Å². The Labute approximate surface area is 152 Å². The van der Waals surface area contributed by atoms with E-state index in [1.54, 1.807) is 6.07 Å². The fraction of sp³-hybridized carbons (Fsp3) is 0.235. The van der Waals surface area contributed by atoms with Gasteiger partial charge in [0.25, 0.3) is 5.91 Å². The number of anilines is 1. The molecule has 0 heterocycles. The second-order valence-corrected chi connectivity index (χ2v) is 5.50. The van der Waals surface area contributed by atoms with Crippen LogP contribution in [0.5, 0.6) is 17.2 Å². The number of carbonyl (C=O) groups is 1. The Hall–Kier alpha value is -2.61. The summed E-state index contributed by atoms with van der Waals surface area (Å²) in [5, 5.41) is 2.70. The summed E-state index contributed by atoms with van der Waals surface area (Å²) >= 11 is 5.87. The summed E-state index contributed by atoms with van der Waals surface area (Å²) in [5.74, 6) is -0.111. The van der Waals surface area contributed by atoms with Crippen LogP contribution in [0.15, 0.2) is 36.4 Å². The van der Waals surface area contributed by atoms with Crippen molar-refractivity contribution in [2.24, 2.45) is 0 Å². The Balaban J connectivity index is 2.30. The molecule has 0 radical (unpaired) electrons. The predicted octanol–water partition coefficient (Wildman–Crippen LogP) is 4.55. The lowest BCUT2D eigenvalue weighted by atomic mass is 10.1. The molecule has 0 aliphatic rings. The lowest BCUT2D eigenvalue weighted by Crippen LogP contribution is -2.20. The number of carbonyl (C=O) groups excluding carboxylic acids is 1. The largest absolute Gasteiger partial charge is 0.497 e. The van der Waals surface area contributed by atoms with Gasteiger partial charge < -0.3 is 19.5 Å². The quantitative estimate of drug-likeness (QED) is 0.787. The number of rotatable bonds is 6. The number of halogens is 4. The first-order chi connectivity index (χ1) is 12.2. The molecule has 9 heteroatoms. The molecule has 0 fully saturated rings. The van der Waals surface area contributed by atoms with Crippen LogP contribution in [0.4, 0.5) is 18.9 Å². The van der Waals surface area contributed by atoms with Crippen molar-refractivity contribution >= 4 is 23.2 Å². The topological polar surface area (TPSA) is 56.8 Å². The van der Waals surface area contributed by atoms with Crippen molar-refractivity contribution in [3.8, 4) is 17.2 Å². The van der Waals surface area contributed by atoms with Crippen molar-refractivity contribution in [1.29, 1.82) is 0 Å². The Bertz CT molecular complexity index is 796. The smallest absolute Gasteiger partial charge is 0.422 e. The number of benzene rings is 2.